The van der Waals surface area contributed by atoms with Crippen LogP contribution in [-0.2, 0) is 9.59 Å². The average molecular weight is 326 g/mol. The summed E-state index contributed by atoms with van der Waals surface area (Å²) in [6.45, 7) is 8.90. The molecular weight excluding hydrogens is 296 g/mol. The van der Waals surface area contributed by atoms with Gasteiger partial charge in [0.05, 0.1) is 0 Å². The van der Waals surface area contributed by atoms with Crippen LogP contribution in [0.5, 0.6) is 0 Å². The first-order valence-electron chi connectivity index (χ1n) is 8.12. The topological polar surface area (TPSA) is 81.8 Å². The number of urea groups is 1. The highest BCUT2D eigenvalue weighted by atomic mass is 16.2. The molecule has 0 unspecified atom stereocenters. The van der Waals surface area contributed by atoms with Crippen molar-refractivity contribution < 1.29 is 14.4 Å². The summed E-state index contributed by atoms with van der Waals surface area (Å²) in [4.78, 5) is 39.6. The molecule has 1 heterocycles. The summed E-state index contributed by atoms with van der Waals surface area (Å²) < 4.78 is 0. The van der Waals surface area contributed by atoms with Crippen molar-refractivity contribution in [2.24, 2.45) is 5.41 Å². The van der Waals surface area contributed by atoms with E-state index in [1.165, 1.54) is 0 Å². The van der Waals surface area contributed by atoms with E-state index in [1.807, 2.05) is 27.9 Å². The number of nitrogens with one attached hydrogen (secondary N) is 2. The Kier molecular flexibility index (Phi) is 6.16. The average Bonchev–Trinajstić information content (AvgIpc) is 2.68. The number of hydrogen-bond acceptors (Lipinski definition) is 4. The number of imide groups is 1. The summed E-state index contributed by atoms with van der Waals surface area (Å²) in [7, 11) is 3.96. The van der Waals surface area contributed by atoms with E-state index < -0.39 is 11.6 Å². The quantitative estimate of drug-likeness (QED) is 0.647. The maximum atomic E-state index is 12.4. The largest absolute Gasteiger partial charge is 0.354 e. The van der Waals surface area contributed by atoms with Gasteiger partial charge in [-0.25, -0.2) is 4.79 Å². The molecule has 23 heavy (non-hydrogen) atoms. The first-order chi connectivity index (χ1) is 10.6. The van der Waals surface area contributed by atoms with Gasteiger partial charge < -0.3 is 15.5 Å². The maximum Gasteiger partial charge on any atom is 0.325 e. The van der Waals surface area contributed by atoms with Crippen LogP contribution in [0.25, 0.3) is 0 Å². The zero-order valence-corrected chi connectivity index (χ0v) is 15.2. The second-order valence-electron chi connectivity index (χ2n) is 7.29. The molecule has 0 aromatic rings. The SMILES string of the molecule is CCC1(CC)NC(=O)N(CC(=O)NCC(C)(C)CN(C)C)C1=O. The van der Waals surface area contributed by atoms with E-state index in [0.29, 0.717) is 19.4 Å². The minimum Gasteiger partial charge on any atom is -0.354 e. The van der Waals surface area contributed by atoms with Crippen molar-refractivity contribution >= 4 is 17.8 Å². The van der Waals surface area contributed by atoms with Crippen molar-refractivity contribution in [3.8, 4) is 0 Å². The van der Waals surface area contributed by atoms with Crippen LogP contribution in [0.2, 0.25) is 0 Å². The number of rotatable bonds is 8. The van der Waals surface area contributed by atoms with E-state index in [2.05, 4.69) is 29.4 Å². The molecule has 0 aromatic heterocycles. The minimum atomic E-state index is -0.860. The number of hydrogen-bond donors (Lipinski definition) is 2. The lowest BCUT2D eigenvalue weighted by molar-refractivity contribution is -0.135. The van der Waals surface area contributed by atoms with Crippen molar-refractivity contribution in [2.75, 3.05) is 33.7 Å². The molecule has 1 aliphatic heterocycles. The third-order valence-electron chi connectivity index (χ3n) is 4.26. The van der Waals surface area contributed by atoms with Gasteiger partial charge in [0.25, 0.3) is 5.91 Å². The smallest absolute Gasteiger partial charge is 0.325 e. The summed E-state index contributed by atoms with van der Waals surface area (Å²) in [6, 6.07) is -0.485. The van der Waals surface area contributed by atoms with E-state index >= 15 is 0 Å². The first-order valence-corrected chi connectivity index (χ1v) is 8.12. The maximum absolute atomic E-state index is 12.4. The summed E-state index contributed by atoms with van der Waals surface area (Å²) in [5.74, 6) is -0.626. The zero-order valence-electron chi connectivity index (χ0n) is 15.2. The Morgan fingerprint density at radius 3 is 2.26 bits per heavy atom. The number of nitrogens with zero attached hydrogens (tertiary/aromatic N) is 2. The van der Waals surface area contributed by atoms with Gasteiger partial charge in [-0.1, -0.05) is 27.7 Å². The van der Waals surface area contributed by atoms with Crippen molar-refractivity contribution in [3.63, 3.8) is 0 Å². The highest BCUT2D eigenvalue weighted by Crippen LogP contribution is 2.24. The van der Waals surface area contributed by atoms with Crippen LogP contribution in [-0.4, -0.2) is 66.9 Å². The van der Waals surface area contributed by atoms with Crippen LogP contribution >= 0.6 is 0 Å². The van der Waals surface area contributed by atoms with Crippen molar-refractivity contribution in [3.05, 3.63) is 0 Å². The van der Waals surface area contributed by atoms with Gasteiger partial charge in [-0.3, -0.25) is 14.5 Å². The lowest BCUT2D eigenvalue weighted by Gasteiger charge is -2.28. The molecule has 1 rings (SSSR count). The van der Waals surface area contributed by atoms with Gasteiger partial charge in [0.1, 0.15) is 12.1 Å². The first kappa shape index (κ1) is 19.4. The molecule has 0 aliphatic carbocycles. The third-order valence-corrected chi connectivity index (χ3v) is 4.26. The molecule has 0 saturated carbocycles. The predicted octanol–water partition coefficient (Wildman–Crippen LogP) is 0.801. The fraction of sp³-hybridized carbons (Fsp3) is 0.812. The number of amides is 4. The molecular formula is C16H30N4O3. The molecule has 0 atom stereocenters. The summed E-state index contributed by atoms with van der Waals surface area (Å²) >= 11 is 0. The van der Waals surface area contributed by atoms with Crippen molar-refractivity contribution in [2.45, 2.75) is 46.1 Å². The summed E-state index contributed by atoms with van der Waals surface area (Å²) in [5.41, 5.74) is -0.950. The van der Waals surface area contributed by atoms with Crippen molar-refractivity contribution in [1.82, 2.24) is 20.4 Å². The monoisotopic (exact) mass is 326 g/mol. The van der Waals surface area contributed by atoms with Crippen LogP contribution in [0.1, 0.15) is 40.5 Å². The summed E-state index contributed by atoms with van der Waals surface area (Å²) in [6.07, 6.45) is 1.03. The summed E-state index contributed by atoms with van der Waals surface area (Å²) in [5, 5.41) is 5.54. The molecule has 0 bridgehead atoms. The molecule has 0 aromatic carbocycles. The normalized spacial score (nSPS) is 17.6. The van der Waals surface area contributed by atoms with Crippen molar-refractivity contribution in [1.29, 1.82) is 0 Å². The van der Waals surface area contributed by atoms with Crippen LogP contribution < -0.4 is 10.6 Å². The Hall–Kier alpha value is -1.63. The lowest BCUT2D eigenvalue weighted by Crippen LogP contribution is -2.47. The molecule has 7 heteroatoms. The van der Waals surface area contributed by atoms with Gasteiger partial charge in [-0.15, -0.1) is 0 Å². The Balaban J connectivity index is 2.61. The second kappa shape index (κ2) is 7.29. The Morgan fingerprint density at radius 2 is 1.83 bits per heavy atom. The third kappa shape index (κ3) is 4.67. The molecule has 0 radical (unpaired) electrons. The molecule has 132 valence electrons. The van der Waals surface area contributed by atoms with Crippen LogP contribution in [0.4, 0.5) is 4.79 Å². The second-order valence-corrected chi connectivity index (χ2v) is 7.29. The molecule has 2 N–H and O–H groups in total. The fourth-order valence-corrected chi connectivity index (χ4v) is 3.00. The number of carbonyl (C=O) groups excluding carboxylic acids is 3. The highest BCUT2D eigenvalue weighted by Gasteiger charge is 2.49. The van der Waals surface area contributed by atoms with Crippen LogP contribution in [0.15, 0.2) is 0 Å². The van der Waals surface area contributed by atoms with Gasteiger partial charge in [-0.2, -0.15) is 0 Å². The van der Waals surface area contributed by atoms with Gasteiger partial charge >= 0.3 is 6.03 Å². The minimum absolute atomic E-state index is 0.0902. The molecule has 1 saturated heterocycles. The van der Waals surface area contributed by atoms with E-state index in [4.69, 9.17) is 0 Å². The highest BCUT2D eigenvalue weighted by molar-refractivity contribution is 6.08. The van der Waals surface area contributed by atoms with Gasteiger partial charge in [0.2, 0.25) is 5.91 Å². The van der Waals surface area contributed by atoms with Gasteiger partial charge in [0, 0.05) is 13.1 Å². The lowest BCUT2D eigenvalue weighted by atomic mass is 9.92. The van der Waals surface area contributed by atoms with Crippen LogP contribution in [0, 0.1) is 5.41 Å². The predicted molar refractivity (Wildman–Crippen MR) is 88.9 cm³/mol. The van der Waals surface area contributed by atoms with E-state index in [1.54, 1.807) is 0 Å². The van der Waals surface area contributed by atoms with Gasteiger partial charge in [-0.05, 0) is 32.4 Å². The number of carbonyl (C=O) groups is 3. The fourth-order valence-electron chi connectivity index (χ4n) is 3.00. The molecule has 4 amide bonds. The van der Waals surface area contributed by atoms with E-state index in [9.17, 15) is 14.4 Å². The molecule has 1 aliphatic rings. The zero-order chi connectivity index (χ0) is 17.8. The van der Waals surface area contributed by atoms with Gasteiger partial charge in [0.15, 0.2) is 0 Å². The van der Waals surface area contributed by atoms with E-state index in [-0.39, 0.29) is 23.8 Å². The Bertz CT molecular complexity index is 470. The Morgan fingerprint density at radius 1 is 1.26 bits per heavy atom. The van der Waals surface area contributed by atoms with Crippen LogP contribution in [0.3, 0.4) is 0 Å². The standard InChI is InChI=1S/C16H30N4O3/c1-7-16(8-2)13(22)20(14(23)18-16)9-12(21)17-10-15(3,4)11-19(5)6/h7-11H2,1-6H3,(H,17,21)(H,18,23). The Labute approximate surface area is 138 Å². The molecule has 7 nitrogen and oxygen atoms in total. The molecule has 1 fully saturated rings. The van der Waals surface area contributed by atoms with E-state index in [0.717, 1.165) is 11.4 Å². The molecule has 0 spiro atoms.